The van der Waals surface area contributed by atoms with Crippen LogP contribution in [0, 0.1) is 12.3 Å². The van der Waals surface area contributed by atoms with Gasteiger partial charge in [-0.2, -0.15) is 0 Å². The number of aliphatic carboxylic acids is 1. The molecule has 1 saturated heterocycles. The van der Waals surface area contributed by atoms with Crippen LogP contribution in [0.3, 0.4) is 0 Å². The van der Waals surface area contributed by atoms with Crippen LogP contribution in [0.25, 0.3) is 0 Å². The van der Waals surface area contributed by atoms with Crippen molar-refractivity contribution in [3.63, 3.8) is 0 Å². The third kappa shape index (κ3) is 2.87. The molecule has 0 aromatic carbocycles. The summed E-state index contributed by atoms with van der Waals surface area (Å²) in [6.45, 7) is 3.55. The van der Waals surface area contributed by atoms with Crippen molar-refractivity contribution < 1.29 is 14.6 Å². The lowest BCUT2D eigenvalue weighted by Crippen LogP contribution is -2.50. The first-order chi connectivity index (χ1) is 9.07. The van der Waals surface area contributed by atoms with Crippen LogP contribution in [0.2, 0.25) is 0 Å². The van der Waals surface area contributed by atoms with Gasteiger partial charge in [-0.1, -0.05) is 0 Å². The molecule has 0 aliphatic carbocycles. The molecule has 19 heavy (non-hydrogen) atoms. The number of carboxylic acids is 1. The number of piperidine rings is 1. The highest BCUT2D eigenvalue weighted by molar-refractivity contribution is 5.76. The summed E-state index contributed by atoms with van der Waals surface area (Å²) in [6.07, 6.45) is 3.28. The van der Waals surface area contributed by atoms with E-state index in [0.29, 0.717) is 13.0 Å². The number of hydrogen-bond acceptors (Lipinski definition) is 4. The van der Waals surface area contributed by atoms with Gasteiger partial charge in [0.25, 0.3) is 0 Å². The smallest absolute Gasteiger partial charge is 0.313 e. The van der Waals surface area contributed by atoms with E-state index in [1.165, 1.54) is 0 Å². The van der Waals surface area contributed by atoms with Crippen molar-refractivity contribution in [2.75, 3.05) is 31.7 Å². The van der Waals surface area contributed by atoms with E-state index in [0.717, 1.165) is 24.3 Å². The van der Waals surface area contributed by atoms with Crippen LogP contribution < -0.4 is 4.90 Å². The van der Waals surface area contributed by atoms with Gasteiger partial charge in [-0.05, 0) is 31.9 Å². The zero-order chi connectivity index (χ0) is 13.9. The van der Waals surface area contributed by atoms with Gasteiger partial charge in [-0.25, -0.2) is 0 Å². The van der Waals surface area contributed by atoms with Crippen molar-refractivity contribution in [3.05, 3.63) is 24.0 Å². The molecule has 104 valence electrons. The standard InChI is InChI=1S/C14H20N2O3/c1-11-8-12(4-6-15-11)16-7-3-5-14(9-16,10-19-2)13(17)18/h4,6,8H,3,5,7,9-10H2,1-2H3,(H,17,18). The highest BCUT2D eigenvalue weighted by Crippen LogP contribution is 2.33. The number of hydrogen-bond donors (Lipinski definition) is 1. The molecule has 2 heterocycles. The lowest BCUT2D eigenvalue weighted by Gasteiger charge is -2.40. The Labute approximate surface area is 113 Å². The highest BCUT2D eigenvalue weighted by atomic mass is 16.5. The molecule has 0 saturated carbocycles. The monoisotopic (exact) mass is 264 g/mol. The zero-order valence-corrected chi connectivity index (χ0v) is 11.4. The molecule has 1 aliphatic rings. The van der Waals surface area contributed by atoms with Crippen molar-refractivity contribution in [2.45, 2.75) is 19.8 Å². The molecule has 0 spiro atoms. The molecule has 1 N–H and O–H groups in total. The first kappa shape index (κ1) is 13.8. The van der Waals surface area contributed by atoms with Gasteiger partial charge in [0.05, 0.1) is 6.61 Å². The van der Waals surface area contributed by atoms with Crippen LogP contribution in [0.4, 0.5) is 5.69 Å². The van der Waals surface area contributed by atoms with Gasteiger partial charge >= 0.3 is 5.97 Å². The number of nitrogens with zero attached hydrogens (tertiary/aromatic N) is 2. The number of carbonyl (C=O) groups is 1. The van der Waals surface area contributed by atoms with Gasteiger partial charge in [0, 0.05) is 37.8 Å². The lowest BCUT2D eigenvalue weighted by molar-refractivity contribution is -0.153. The normalized spacial score (nSPS) is 23.4. The average Bonchev–Trinajstić information content (AvgIpc) is 2.39. The van der Waals surface area contributed by atoms with Crippen LogP contribution in [0.5, 0.6) is 0 Å². The van der Waals surface area contributed by atoms with Crippen LogP contribution >= 0.6 is 0 Å². The maximum Gasteiger partial charge on any atom is 0.313 e. The average molecular weight is 264 g/mol. The SMILES string of the molecule is COCC1(C(=O)O)CCCN(c2ccnc(C)c2)C1. The molecule has 2 rings (SSSR count). The second-order valence-electron chi connectivity index (χ2n) is 5.20. The predicted octanol–water partition coefficient (Wildman–Crippen LogP) is 1.71. The van der Waals surface area contributed by atoms with Gasteiger partial charge in [0.15, 0.2) is 0 Å². The Balaban J connectivity index is 2.22. The Bertz CT molecular complexity index is 460. The molecule has 1 fully saturated rings. The second kappa shape index (κ2) is 5.57. The number of ether oxygens (including phenoxy) is 1. The minimum Gasteiger partial charge on any atom is -0.481 e. The molecular weight excluding hydrogens is 244 g/mol. The Morgan fingerprint density at radius 3 is 3.05 bits per heavy atom. The van der Waals surface area contributed by atoms with E-state index in [2.05, 4.69) is 9.88 Å². The van der Waals surface area contributed by atoms with E-state index >= 15 is 0 Å². The van der Waals surface area contributed by atoms with Gasteiger partial charge in [-0.15, -0.1) is 0 Å². The summed E-state index contributed by atoms with van der Waals surface area (Å²) in [5.41, 5.74) is 1.18. The first-order valence-electron chi connectivity index (χ1n) is 6.47. The second-order valence-corrected chi connectivity index (χ2v) is 5.20. The minimum absolute atomic E-state index is 0.253. The van der Waals surface area contributed by atoms with Gasteiger partial charge in [0.1, 0.15) is 5.41 Å². The van der Waals surface area contributed by atoms with Crippen molar-refractivity contribution in [3.8, 4) is 0 Å². The Hall–Kier alpha value is -1.62. The van der Waals surface area contributed by atoms with E-state index in [1.807, 2.05) is 19.1 Å². The first-order valence-corrected chi connectivity index (χ1v) is 6.47. The molecule has 1 aromatic rings. The molecule has 5 heteroatoms. The van der Waals surface area contributed by atoms with E-state index in [9.17, 15) is 9.90 Å². The fourth-order valence-corrected chi connectivity index (χ4v) is 2.71. The fraction of sp³-hybridized carbons (Fsp3) is 0.571. The number of aryl methyl sites for hydroxylation is 1. The third-order valence-corrected chi connectivity index (χ3v) is 3.70. The largest absolute Gasteiger partial charge is 0.481 e. The molecule has 1 aromatic heterocycles. The maximum atomic E-state index is 11.6. The molecule has 0 amide bonds. The van der Waals surface area contributed by atoms with Gasteiger partial charge in [0.2, 0.25) is 0 Å². The summed E-state index contributed by atoms with van der Waals surface area (Å²) in [5, 5.41) is 9.52. The molecule has 1 atom stereocenters. The molecular formula is C14H20N2O3. The predicted molar refractivity (Wildman–Crippen MR) is 72.4 cm³/mol. The molecule has 0 radical (unpaired) electrons. The van der Waals surface area contributed by atoms with Crippen LogP contribution in [-0.4, -0.2) is 42.9 Å². The minimum atomic E-state index is -0.801. The number of anilines is 1. The summed E-state index contributed by atoms with van der Waals surface area (Å²) in [5.74, 6) is -0.773. The number of pyridine rings is 1. The molecule has 0 bridgehead atoms. The van der Waals surface area contributed by atoms with Crippen molar-refractivity contribution in [1.29, 1.82) is 0 Å². The zero-order valence-electron chi connectivity index (χ0n) is 11.4. The summed E-state index contributed by atoms with van der Waals surface area (Å²) in [6, 6.07) is 3.92. The van der Waals surface area contributed by atoms with Crippen LogP contribution in [0.1, 0.15) is 18.5 Å². The fourth-order valence-electron chi connectivity index (χ4n) is 2.71. The summed E-state index contributed by atoms with van der Waals surface area (Å²) in [7, 11) is 1.56. The number of rotatable bonds is 4. The van der Waals surface area contributed by atoms with Crippen LogP contribution in [0.15, 0.2) is 18.3 Å². The Morgan fingerprint density at radius 2 is 2.42 bits per heavy atom. The number of aromatic nitrogens is 1. The molecule has 1 aliphatic heterocycles. The quantitative estimate of drug-likeness (QED) is 0.897. The highest BCUT2D eigenvalue weighted by Gasteiger charge is 2.42. The number of methoxy groups -OCH3 is 1. The topological polar surface area (TPSA) is 62.7 Å². The summed E-state index contributed by atoms with van der Waals surface area (Å²) in [4.78, 5) is 17.9. The third-order valence-electron chi connectivity index (χ3n) is 3.70. The van der Waals surface area contributed by atoms with Gasteiger partial charge < -0.3 is 14.7 Å². The van der Waals surface area contributed by atoms with Crippen molar-refractivity contribution in [1.82, 2.24) is 4.98 Å². The maximum absolute atomic E-state index is 11.6. The van der Waals surface area contributed by atoms with E-state index in [4.69, 9.17) is 4.74 Å². The van der Waals surface area contributed by atoms with Gasteiger partial charge in [-0.3, -0.25) is 9.78 Å². The molecule has 5 nitrogen and oxygen atoms in total. The lowest BCUT2D eigenvalue weighted by atomic mass is 9.80. The molecule has 1 unspecified atom stereocenters. The van der Waals surface area contributed by atoms with E-state index < -0.39 is 11.4 Å². The van der Waals surface area contributed by atoms with E-state index in [1.54, 1.807) is 13.3 Å². The summed E-state index contributed by atoms with van der Waals surface area (Å²) < 4.78 is 5.13. The van der Waals surface area contributed by atoms with E-state index in [-0.39, 0.29) is 6.61 Å². The van der Waals surface area contributed by atoms with Crippen LogP contribution in [-0.2, 0) is 9.53 Å². The van der Waals surface area contributed by atoms with Crippen molar-refractivity contribution in [2.24, 2.45) is 5.41 Å². The van der Waals surface area contributed by atoms with Crippen molar-refractivity contribution >= 4 is 11.7 Å². The Kier molecular flexibility index (Phi) is 4.04. The number of carboxylic acid groups (broad SMARTS) is 1. The summed E-state index contributed by atoms with van der Waals surface area (Å²) >= 11 is 0. The Morgan fingerprint density at radius 1 is 1.63 bits per heavy atom.